The molecule has 0 aliphatic carbocycles. The molecule has 1 amide bonds. The summed E-state index contributed by atoms with van der Waals surface area (Å²) in [5.74, 6) is 0.719. The van der Waals surface area contributed by atoms with Crippen molar-refractivity contribution in [3.8, 4) is 0 Å². The normalized spacial score (nSPS) is 23.5. The SMILES string of the molecule is Cc1cccc(CC2COCCN(C(=O)C3CCOCC3)C2)n1. The van der Waals surface area contributed by atoms with Gasteiger partial charge in [-0.15, -0.1) is 0 Å². The molecule has 1 unspecified atom stereocenters. The van der Waals surface area contributed by atoms with Crippen LogP contribution in [0, 0.1) is 18.8 Å². The molecule has 2 fully saturated rings. The van der Waals surface area contributed by atoms with Crippen LogP contribution >= 0.6 is 0 Å². The molecular weight excluding hydrogens is 292 g/mol. The second-order valence-electron chi connectivity index (χ2n) is 6.59. The lowest BCUT2D eigenvalue weighted by Gasteiger charge is -2.29. The number of nitrogens with zero attached hydrogens (tertiary/aromatic N) is 2. The summed E-state index contributed by atoms with van der Waals surface area (Å²) in [4.78, 5) is 19.3. The van der Waals surface area contributed by atoms with Gasteiger partial charge in [0.2, 0.25) is 5.91 Å². The van der Waals surface area contributed by atoms with E-state index in [1.165, 1.54) is 0 Å². The molecule has 1 aromatic heterocycles. The van der Waals surface area contributed by atoms with E-state index in [1.54, 1.807) is 0 Å². The number of rotatable bonds is 3. The Morgan fingerprint density at radius 2 is 2.09 bits per heavy atom. The number of ether oxygens (including phenoxy) is 2. The molecule has 2 aliphatic heterocycles. The summed E-state index contributed by atoms with van der Waals surface area (Å²) in [6.45, 7) is 6.22. The third kappa shape index (κ3) is 4.52. The van der Waals surface area contributed by atoms with E-state index >= 15 is 0 Å². The average molecular weight is 318 g/mol. The van der Waals surface area contributed by atoms with Crippen LogP contribution in [-0.2, 0) is 20.7 Å². The Kier molecular flexibility index (Phi) is 5.62. The molecule has 0 N–H and O–H groups in total. The molecule has 3 rings (SSSR count). The Balaban J connectivity index is 1.62. The molecule has 5 heteroatoms. The van der Waals surface area contributed by atoms with Crippen LogP contribution in [0.1, 0.15) is 24.2 Å². The van der Waals surface area contributed by atoms with Crippen molar-refractivity contribution in [1.29, 1.82) is 0 Å². The third-order valence-electron chi connectivity index (χ3n) is 4.66. The Morgan fingerprint density at radius 3 is 2.87 bits per heavy atom. The van der Waals surface area contributed by atoms with Gasteiger partial charge in [-0.2, -0.15) is 0 Å². The van der Waals surface area contributed by atoms with Crippen molar-refractivity contribution < 1.29 is 14.3 Å². The van der Waals surface area contributed by atoms with Crippen LogP contribution in [0.3, 0.4) is 0 Å². The van der Waals surface area contributed by atoms with E-state index in [2.05, 4.69) is 11.1 Å². The number of hydrogen-bond donors (Lipinski definition) is 0. The van der Waals surface area contributed by atoms with Gasteiger partial charge in [0.25, 0.3) is 0 Å². The quantitative estimate of drug-likeness (QED) is 0.853. The van der Waals surface area contributed by atoms with E-state index in [1.807, 2.05) is 24.0 Å². The molecule has 23 heavy (non-hydrogen) atoms. The highest BCUT2D eigenvalue weighted by Gasteiger charge is 2.29. The minimum absolute atomic E-state index is 0.125. The fourth-order valence-electron chi connectivity index (χ4n) is 3.42. The summed E-state index contributed by atoms with van der Waals surface area (Å²) in [7, 11) is 0. The van der Waals surface area contributed by atoms with Gasteiger partial charge in [-0.3, -0.25) is 9.78 Å². The first-order valence-corrected chi connectivity index (χ1v) is 8.59. The molecule has 5 nitrogen and oxygen atoms in total. The van der Waals surface area contributed by atoms with Crippen LogP contribution < -0.4 is 0 Å². The molecule has 1 aromatic rings. The smallest absolute Gasteiger partial charge is 0.225 e. The highest BCUT2D eigenvalue weighted by molar-refractivity contribution is 5.79. The van der Waals surface area contributed by atoms with Crippen LogP contribution in [0.25, 0.3) is 0 Å². The summed E-state index contributed by atoms with van der Waals surface area (Å²) in [5.41, 5.74) is 2.12. The highest BCUT2D eigenvalue weighted by Crippen LogP contribution is 2.20. The van der Waals surface area contributed by atoms with Gasteiger partial charge in [-0.05, 0) is 38.3 Å². The van der Waals surface area contributed by atoms with Crippen LogP contribution in [0.2, 0.25) is 0 Å². The minimum atomic E-state index is 0.125. The van der Waals surface area contributed by atoms with E-state index in [9.17, 15) is 4.79 Å². The molecule has 1 atom stereocenters. The standard InChI is InChI=1S/C18H26N2O3/c1-14-3-2-4-17(19-14)11-15-12-20(7-10-23-13-15)18(21)16-5-8-22-9-6-16/h2-4,15-16H,5-13H2,1H3. The maximum atomic E-state index is 12.8. The monoisotopic (exact) mass is 318 g/mol. The third-order valence-corrected chi connectivity index (χ3v) is 4.66. The molecule has 0 radical (unpaired) electrons. The van der Waals surface area contributed by atoms with Crippen molar-refractivity contribution in [1.82, 2.24) is 9.88 Å². The first-order valence-electron chi connectivity index (χ1n) is 8.59. The zero-order valence-electron chi connectivity index (χ0n) is 13.9. The van der Waals surface area contributed by atoms with Crippen molar-refractivity contribution in [2.75, 3.05) is 39.5 Å². The van der Waals surface area contributed by atoms with Crippen molar-refractivity contribution in [2.45, 2.75) is 26.2 Å². The Hall–Kier alpha value is -1.46. The number of hydrogen-bond acceptors (Lipinski definition) is 4. The van der Waals surface area contributed by atoms with Crippen LogP contribution in [0.15, 0.2) is 18.2 Å². The second kappa shape index (κ2) is 7.88. The van der Waals surface area contributed by atoms with Gasteiger partial charge in [0.1, 0.15) is 0 Å². The molecule has 2 saturated heterocycles. The lowest BCUT2D eigenvalue weighted by Crippen LogP contribution is -2.41. The van der Waals surface area contributed by atoms with E-state index in [4.69, 9.17) is 9.47 Å². The van der Waals surface area contributed by atoms with Gasteiger partial charge in [0.05, 0.1) is 13.2 Å². The minimum Gasteiger partial charge on any atom is -0.381 e. The van der Waals surface area contributed by atoms with E-state index in [0.29, 0.717) is 38.9 Å². The Labute approximate surface area is 138 Å². The second-order valence-corrected chi connectivity index (χ2v) is 6.59. The molecule has 126 valence electrons. The Bertz CT molecular complexity index is 529. The fourth-order valence-corrected chi connectivity index (χ4v) is 3.42. The topological polar surface area (TPSA) is 51.7 Å². The largest absolute Gasteiger partial charge is 0.381 e. The molecular formula is C18H26N2O3. The van der Waals surface area contributed by atoms with Crippen LogP contribution in [0.5, 0.6) is 0 Å². The van der Waals surface area contributed by atoms with Gasteiger partial charge < -0.3 is 14.4 Å². The van der Waals surface area contributed by atoms with Crippen molar-refractivity contribution in [2.24, 2.45) is 11.8 Å². The molecule has 0 bridgehead atoms. The van der Waals surface area contributed by atoms with Crippen molar-refractivity contribution in [3.05, 3.63) is 29.6 Å². The highest BCUT2D eigenvalue weighted by atomic mass is 16.5. The van der Waals surface area contributed by atoms with Crippen molar-refractivity contribution in [3.63, 3.8) is 0 Å². The predicted octanol–water partition coefficient (Wildman–Crippen LogP) is 1.83. The van der Waals surface area contributed by atoms with E-state index < -0.39 is 0 Å². The lowest BCUT2D eigenvalue weighted by molar-refractivity contribution is -0.138. The zero-order valence-corrected chi connectivity index (χ0v) is 13.9. The number of carbonyl (C=O) groups is 1. The summed E-state index contributed by atoms with van der Waals surface area (Å²) < 4.78 is 11.1. The van der Waals surface area contributed by atoms with E-state index in [0.717, 1.165) is 37.2 Å². The first-order chi connectivity index (χ1) is 11.2. The summed E-state index contributed by atoms with van der Waals surface area (Å²) in [6, 6.07) is 6.11. The molecule has 3 heterocycles. The number of pyridine rings is 1. The number of aryl methyl sites for hydroxylation is 1. The zero-order chi connectivity index (χ0) is 16.1. The summed E-state index contributed by atoms with van der Waals surface area (Å²) in [5, 5.41) is 0. The number of carbonyl (C=O) groups excluding carboxylic acids is 1. The maximum Gasteiger partial charge on any atom is 0.225 e. The predicted molar refractivity (Wildman–Crippen MR) is 87.1 cm³/mol. The molecule has 2 aliphatic rings. The van der Waals surface area contributed by atoms with E-state index in [-0.39, 0.29) is 11.8 Å². The Morgan fingerprint density at radius 1 is 1.26 bits per heavy atom. The number of amides is 1. The van der Waals surface area contributed by atoms with Gasteiger partial charge in [-0.25, -0.2) is 0 Å². The average Bonchev–Trinajstić information content (AvgIpc) is 2.80. The lowest BCUT2D eigenvalue weighted by atomic mass is 9.97. The van der Waals surface area contributed by atoms with Gasteiger partial charge >= 0.3 is 0 Å². The summed E-state index contributed by atoms with van der Waals surface area (Å²) in [6.07, 6.45) is 2.56. The maximum absolute atomic E-state index is 12.8. The molecule has 0 aromatic carbocycles. The van der Waals surface area contributed by atoms with Crippen molar-refractivity contribution >= 4 is 5.91 Å². The van der Waals surface area contributed by atoms with Crippen LogP contribution in [0.4, 0.5) is 0 Å². The summed E-state index contributed by atoms with van der Waals surface area (Å²) >= 11 is 0. The van der Waals surface area contributed by atoms with Gasteiger partial charge in [0.15, 0.2) is 0 Å². The van der Waals surface area contributed by atoms with Gasteiger partial charge in [0, 0.05) is 49.5 Å². The first kappa shape index (κ1) is 16.4. The number of aromatic nitrogens is 1. The molecule has 0 spiro atoms. The van der Waals surface area contributed by atoms with Crippen LogP contribution in [-0.4, -0.2) is 55.3 Å². The van der Waals surface area contributed by atoms with Gasteiger partial charge in [-0.1, -0.05) is 6.07 Å². The molecule has 0 saturated carbocycles. The fraction of sp³-hybridized carbons (Fsp3) is 0.667.